The maximum Gasteiger partial charge on any atom is 0.251 e. The largest absolute Gasteiger partial charge is 0.350 e. The van der Waals surface area contributed by atoms with Crippen molar-refractivity contribution in [3.8, 4) is 0 Å². The van der Waals surface area contributed by atoms with Gasteiger partial charge < -0.3 is 9.88 Å². The lowest BCUT2D eigenvalue weighted by atomic mass is 10.1. The number of imidazole rings is 1. The number of carbonyl (C=O) groups is 1. The molecule has 0 saturated carbocycles. The van der Waals surface area contributed by atoms with Gasteiger partial charge in [0.1, 0.15) is 0 Å². The summed E-state index contributed by atoms with van der Waals surface area (Å²) in [6.45, 7) is 6.94. The Kier molecular flexibility index (Phi) is 6.90. The number of nitrogens with zero attached hydrogens (tertiary/aromatic N) is 3. The summed E-state index contributed by atoms with van der Waals surface area (Å²) in [6.07, 6.45) is 4.58. The number of hydrogen-bond donors (Lipinski definition) is 1. The molecule has 0 fully saturated rings. The number of fused-ring (bicyclic) bond motifs is 1. The van der Waals surface area contributed by atoms with Crippen LogP contribution in [0.1, 0.15) is 47.3 Å². The molecule has 32 heavy (non-hydrogen) atoms. The van der Waals surface area contributed by atoms with E-state index in [-0.39, 0.29) is 11.9 Å². The molecular formula is C26H28N4OS. The Morgan fingerprint density at radius 3 is 2.69 bits per heavy atom. The van der Waals surface area contributed by atoms with Gasteiger partial charge >= 0.3 is 0 Å². The van der Waals surface area contributed by atoms with E-state index in [0.717, 1.165) is 40.5 Å². The van der Waals surface area contributed by atoms with Gasteiger partial charge in [-0.2, -0.15) is 0 Å². The Hall–Kier alpha value is -3.12. The van der Waals surface area contributed by atoms with Crippen LogP contribution in [0.5, 0.6) is 0 Å². The van der Waals surface area contributed by atoms with Crippen LogP contribution in [0.3, 0.4) is 0 Å². The number of carbonyl (C=O) groups excluding carboxylic acids is 1. The van der Waals surface area contributed by atoms with E-state index < -0.39 is 0 Å². The smallest absolute Gasteiger partial charge is 0.251 e. The Labute approximate surface area is 193 Å². The maximum absolute atomic E-state index is 12.3. The van der Waals surface area contributed by atoms with Gasteiger partial charge in [-0.25, -0.2) is 4.98 Å². The number of thioether (sulfide) groups is 1. The highest BCUT2D eigenvalue weighted by molar-refractivity contribution is 7.98. The fourth-order valence-electron chi connectivity index (χ4n) is 3.51. The molecule has 0 aliphatic carbocycles. The van der Waals surface area contributed by atoms with Crippen molar-refractivity contribution in [1.82, 2.24) is 19.9 Å². The second kappa shape index (κ2) is 10.0. The maximum atomic E-state index is 12.3. The summed E-state index contributed by atoms with van der Waals surface area (Å²) in [5, 5.41) is 3.98. The summed E-state index contributed by atoms with van der Waals surface area (Å²) in [5.41, 5.74) is 6.32. The van der Waals surface area contributed by atoms with E-state index in [0.29, 0.717) is 5.56 Å². The molecule has 0 bridgehead atoms. The van der Waals surface area contributed by atoms with E-state index in [2.05, 4.69) is 53.0 Å². The molecule has 2 heterocycles. The second-order valence-corrected chi connectivity index (χ2v) is 9.04. The lowest BCUT2D eigenvalue weighted by molar-refractivity contribution is 0.0939. The van der Waals surface area contributed by atoms with Crippen molar-refractivity contribution >= 4 is 28.7 Å². The lowest BCUT2D eigenvalue weighted by Gasteiger charge is -2.12. The van der Waals surface area contributed by atoms with Crippen molar-refractivity contribution in [2.24, 2.45) is 0 Å². The Morgan fingerprint density at radius 1 is 1.12 bits per heavy atom. The molecule has 4 rings (SSSR count). The average molecular weight is 445 g/mol. The third-order valence-electron chi connectivity index (χ3n) is 5.51. The van der Waals surface area contributed by atoms with Crippen molar-refractivity contribution in [3.05, 3.63) is 89.2 Å². The molecule has 2 aromatic carbocycles. The second-order valence-electron chi connectivity index (χ2n) is 8.10. The first-order valence-corrected chi connectivity index (χ1v) is 11.9. The third-order valence-corrected chi connectivity index (χ3v) is 6.56. The lowest BCUT2D eigenvalue weighted by Crippen LogP contribution is -2.31. The van der Waals surface area contributed by atoms with E-state index in [1.165, 1.54) is 11.1 Å². The fraction of sp³-hybridized carbons (Fsp3) is 0.269. The molecule has 0 aliphatic heterocycles. The zero-order valence-corrected chi connectivity index (χ0v) is 19.5. The standard InChI is InChI=1S/C26H28N4OS/c1-4-19(3)28-25(31)22-10-8-20(9-11-22)17-32-26-29-23-12-13-27-15-24(23)30(26)16-21-7-5-6-18(2)14-21/h5-15,19H,4,16-17H2,1-3H3,(H,28,31)/t19-/m0/s1. The monoisotopic (exact) mass is 444 g/mol. The molecule has 1 amide bonds. The fourth-order valence-corrected chi connectivity index (χ4v) is 4.48. The van der Waals surface area contributed by atoms with Crippen LogP contribution in [0.2, 0.25) is 0 Å². The summed E-state index contributed by atoms with van der Waals surface area (Å²) in [7, 11) is 0. The molecule has 0 spiro atoms. The predicted octanol–water partition coefficient (Wildman–Crippen LogP) is 5.61. The molecule has 0 unspecified atom stereocenters. The first-order valence-electron chi connectivity index (χ1n) is 10.9. The first kappa shape index (κ1) is 22.1. The zero-order chi connectivity index (χ0) is 22.5. The van der Waals surface area contributed by atoms with Crippen molar-refractivity contribution in [2.45, 2.75) is 50.7 Å². The van der Waals surface area contributed by atoms with E-state index in [1.54, 1.807) is 18.0 Å². The molecule has 2 aromatic heterocycles. The molecular weight excluding hydrogens is 416 g/mol. The molecule has 6 heteroatoms. The molecule has 0 aliphatic rings. The van der Waals surface area contributed by atoms with Gasteiger partial charge in [0.25, 0.3) is 5.91 Å². The predicted molar refractivity (Wildman–Crippen MR) is 131 cm³/mol. The van der Waals surface area contributed by atoms with Gasteiger partial charge in [-0.1, -0.05) is 60.6 Å². The Bertz CT molecular complexity index is 1220. The highest BCUT2D eigenvalue weighted by atomic mass is 32.2. The van der Waals surface area contributed by atoms with E-state index in [9.17, 15) is 4.79 Å². The number of aryl methyl sites for hydroxylation is 1. The number of hydrogen-bond acceptors (Lipinski definition) is 4. The SMILES string of the molecule is CC[C@H](C)NC(=O)c1ccc(CSc2nc3ccncc3n2Cc2cccc(C)c2)cc1. The molecule has 1 N–H and O–H groups in total. The molecule has 164 valence electrons. The van der Waals surface area contributed by atoms with Gasteiger partial charge in [0.15, 0.2) is 5.16 Å². The third kappa shape index (κ3) is 5.19. The van der Waals surface area contributed by atoms with Gasteiger partial charge in [0, 0.05) is 23.6 Å². The minimum atomic E-state index is -0.0222. The molecule has 4 aromatic rings. The van der Waals surface area contributed by atoms with Crippen molar-refractivity contribution in [2.75, 3.05) is 0 Å². The topological polar surface area (TPSA) is 59.8 Å². The van der Waals surface area contributed by atoms with Crippen LogP contribution in [0.4, 0.5) is 0 Å². The summed E-state index contributed by atoms with van der Waals surface area (Å²) in [6, 6.07) is 18.5. The van der Waals surface area contributed by atoms with E-state index >= 15 is 0 Å². The summed E-state index contributed by atoms with van der Waals surface area (Å²) < 4.78 is 2.23. The van der Waals surface area contributed by atoms with Crippen LogP contribution in [0.15, 0.2) is 72.1 Å². The number of nitrogens with one attached hydrogen (secondary N) is 1. The Balaban J connectivity index is 1.51. The summed E-state index contributed by atoms with van der Waals surface area (Å²) >= 11 is 1.70. The van der Waals surface area contributed by atoms with Gasteiger partial charge in [-0.05, 0) is 49.6 Å². The van der Waals surface area contributed by atoms with E-state index in [4.69, 9.17) is 4.98 Å². The number of pyridine rings is 1. The van der Waals surface area contributed by atoms with Gasteiger partial charge in [0.05, 0.1) is 23.8 Å². The van der Waals surface area contributed by atoms with Gasteiger partial charge in [-0.15, -0.1) is 0 Å². The minimum absolute atomic E-state index is 0.0222. The number of aromatic nitrogens is 3. The number of rotatable bonds is 8. The van der Waals surface area contributed by atoms with Gasteiger partial charge in [-0.3, -0.25) is 9.78 Å². The van der Waals surface area contributed by atoms with Crippen LogP contribution in [-0.2, 0) is 12.3 Å². The van der Waals surface area contributed by atoms with Crippen molar-refractivity contribution in [1.29, 1.82) is 0 Å². The van der Waals surface area contributed by atoms with Crippen LogP contribution in [0, 0.1) is 6.92 Å². The van der Waals surface area contributed by atoms with Crippen molar-refractivity contribution < 1.29 is 4.79 Å². The van der Waals surface area contributed by atoms with E-state index in [1.807, 2.05) is 43.5 Å². The number of benzene rings is 2. The normalized spacial score (nSPS) is 12.1. The highest BCUT2D eigenvalue weighted by Crippen LogP contribution is 2.27. The average Bonchev–Trinajstić information content (AvgIpc) is 3.15. The quantitative estimate of drug-likeness (QED) is 0.359. The molecule has 1 atom stereocenters. The Morgan fingerprint density at radius 2 is 1.94 bits per heavy atom. The summed E-state index contributed by atoms with van der Waals surface area (Å²) in [4.78, 5) is 21.5. The van der Waals surface area contributed by atoms with Crippen LogP contribution < -0.4 is 5.32 Å². The molecule has 0 saturated heterocycles. The zero-order valence-electron chi connectivity index (χ0n) is 18.7. The number of amides is 1. The van der Waals surface area contributed by atoms with Crippen molar-refractivity contribution in [3.63, 3.8) is 0 Å². The minimum Gasteiger partial charge on any atom is -0.350 e. The van der Waals surface area contributed by atoms with Crippen LogP contribution >= 0.6 is 11.8 Å². The first-order chi connectivity index (χ1) is 15.5. The highest BCUT2D eigenvalue weighted by Gasteiger charge is 2.13. The molecule has 5 nitrogen and oxygen atoms in total. The van der Waals surface area contributed by atoms with Crippen LogP contribution in [-0.4, -0.2) is 26.5 Å². The molecule has 0 radical (unpaired) electrons. The van der Waals surface area contributed by atoms with Crippen LogP contribution in [0.25, 0.3) is 11.0 Å². The summed E-state index contributed by atoms with van der Waals surface area (Å²) in [5.74, 6) is 0.753. The van der Waals surface area contributed by atoms with Gasteiger partial charge in [0.2, 0.25) is 0 Å².